The maximum atomic E-state index is 12.5. The van der Waals surface area contributed by atoms with E-state index in [1.165, 1.54) is 37.8 Å². The SMILES string of the molecule is CCCCCCN1CCC(C)(c2cccc(C(=O)/C=C/N(C)C)c2)C(C)C1. The monoisotopic (exact) mass is 370 g/mol. The van der Waals surface area contributed by atoms with Crippen LogP contribution in [0.15, 0.2) is 36.5 Å². The highest BCUT2D eigenvalue weighted by Gasteiger charge is 2.37. The van der Waals surface area contributed by atoms with Crippen LogP contribution in [0.3, 0.4) is 0 Å². The van der Waals surface area contributed by atoms with Crippen molar-refractivity contribution in [1.82, 2.24) is 9.80 Å². The fourth-order valence-corrected chi connectivity index (χ4v) is 4.05. The lowest BCUT2D eigenvalue weighted by atomic mass is 9.67. The van der Waals surface area contributed by atoms with Crippen LogP contribution in [0.5, 0.6) is 0 Å². The number of rotatable bonds is 9. The van der Waals surface area contributed by atoms with Gasteiger partial charge in [0, 0.05) is 38.5 Å². The molecule has 0 N–H and O–H groups in total. The van der Waals surface area contributed by atoms with E-state index in [1.54, 1.807) is 6.08 Å². The number of carbonyl (C=O) groups excluding carboxylic acids is 1. The molecule has 1 aliphatic heterocycles. The number of likely N-dealkylation sites (tertiary alicyclic amines) is 1. The summed E-state index contributed by atoms with van der Waals surface area (Å²) in [5, 5.41) is 0. The molecule has 0 radical (unpaired) electrons. The Hall–Kier alpha value is -1.61. The van der Waals surface area contributed by atoms with Crippen LogP contribution in [-0.2, 0) is 5.41 Å². The summed E-state index contributed by atoms with van der Waals surface area (Å²) in [4.78, 5) is 17.0. The van der Waals surface area contributed by atoms with Crippen molar-refractivity contribution >= 4 is 5.78 Å². The van der Waals surface area contributed by atoms with Gasteiger partial charge < -0.3 is 9.80 Å². The Morgan fingerprint density at radius 1 is 1.30 bits per heavy atom. The minimum atomic E-state index is 0.0789. The molecule has 2 atom stereocenters. The maximum absolute atomic E-state index is 12.5. The third-order valence-corrected chi connectivity index (χ3v) is 6.23. The zero-order valence-electron chi connectivity index (χ0n) is 18.0. The number of ketones is 1. The first-order valence-corrected chi connectivity index (χ1v) is 10.6. The summed E-state index contributed by atoms with van der Waals surface area (Å²) in [5.41, 5.74) is 2.24. The van der Waals surface area contributed by atoms with Crippen molar-refractivity contribution in [1.29, 1.82) is 0 Å². The lowest BCUT2D eigenvalue weighted by Crippen LogP contribution is -2.47. The molecule has 3 heteroatoms. The van der Waals surface area contributed by atoms with E-state index in [9.17, 15) is 4.79 Å². The summed E-state index contributed by atoms with van der Waals surface area (Å²) >= 11 is 0. The Balaban J connectivity index is 2.05. The quantitative estimate of drug-likeness (QED) is 0.342. The number of nitrogens with zero attached hydrogens (tertiary/aromatic N) is 2. The van der Waals surface area contributed by atoms with E-state index in [4.69, 9.17) is 0 Å². The van der Waals surface area contributed by atoms with E-state index in [0.29, 0.717) is 5.92 Å². The molecular formula is C24H38N2O. The van der Waals surface area contributed by atoms with E-state index in [1.807, 2.05) is 37.3 Å². The van der Waals surface area contributed by atoms with Crippen LogP contribution in [0.4, 0.5) is 0 Å². The molecule has 0 aliphatic carbocycles. The van der Waals surface area contributed by atoms with Crippen LogP contribution in [0.25, 0.3) is 0 Å². The van der Waals surface area contributed by atoms with Gasteiger partial charge in [0.2, 0.25) is 0 Å². The molecule has 27 heavy (non-hydrogen) atoms. The molecule has 0 amide bonds. The molecule has 1 aromatic carbocycles. The molecular weight excluding hydrogens is 332 g/mol. The summed E-state index contributed by atoms with van der Waals surface area (Å²) in [6, 6.07) is 8.31. The summed E-state index contributed by atoms with van der Waals surface area (Å²) in [5.74, 6) is 0.662. The van der Waals surface area contributed by atoms with Gasteiger partial charge in [0.25, 0.3) is 0 Å². The molecule has 2 rings (SSSR count). The lowest BCUT2D eigenvalue weighted by molar-refractivity contribution is 0.104. The molecule has 0 aromatic heterocycles. The van der Waals surface area contributed by atoms with Crippen LogP contribution in [-0.4, -0.2) is 49.3 Å². The van der Waals surface area contributed by atoms with E-state index < -0.39 is 0 Å². The number of hydrogen-bond donors (Lipinski definition) is 0. The van der Waals surface area contributed by atoms with Crippen molar-refractivity contribution in [2.24, 2.45) is 5.92 Å². The van der Waals surface area contributed by atoms with Gasteiger partial charge in [-0.3, -0.25) is 4.79 Å². The number of piperidine rings is 1. The van der Waals surface area contributed by atoms with Crippen LogP contribution in [0.1, 0.15) is 68.8 Å². The Morgan fingerprint density at radius 2 is 2.07 bits per heavy atom. The molecule has 0 bridgehead atoms. The zero-order valence-corrected chi connectivity index (χ0v) is 18.0. The highest BCUT2D eigenvalue weighted by molar-refractivity contribution is 6.04. The van der Waals surface area contributed by atoms with Gasteiger partial charge in [-0.2, -0.15) is 0 Å². The predicted molar refractivity (Wildman–Crippen MR) is 115 cm³/mol. The number of benzene rings is 1. The van der Waals surface area contributed by atoms with Crippen LogP contribution >= 0.6 is 0 Å². The molecule has 0 spiro atoms. The Bertz CT molecular complexity index is 637. The topological polar surface area (TPSA) is 23.6 Å². The van der Waals surface area contributed by atoms with Crippen LogP contribution in [0, 0.1) is 5.92 Å². The third kappa shape index (κ3) is 5.93. The summed E-state index contributed by atoms with van der Waals surface area (Å²) in [6.45, 7) is 10.6. The second kappa shape index (κ2) is 10.1. The summed E-state index contributed by atoms with van der Waals surface area (Å²) in [7, 11) is 3.86. The van der Waals surface area contributed by atoms with Gasteiger partial charge in [0.05, 0.1) is 0 Å². The van der Waals surface area contributed by atoms with Gasteiger partial charge in [-0.15, -0.1) is 0 Å². The smallest absolute Gasteiger partial charge is 0.187 e. The molecule has 150 valence electrons. The molecule has 3 nitrogen and oxygen atoms in total. The first-order valence-electron chi connectivity index (χ1n) is 10.6. The highest BCUT2D eigenvalue weighted by Crippen LogP contribution is 2.39. The van der Waals surface area contributed by atoms with Crippen LogP contribution in [0.2, 0.25) is 0 Å². The number of hydrogen-bond acceptors (Lipinski definition) is 3. The summed E-state index contributed by atoms with van der Waals surface area (Å²) < 4.78 is 0. The number of allylic oxidation sites excluding steroid dienone is 1. The molecule has 1 heterocycles. The van der Waals surface area contributed by atoms with Crippen molar-refractivity contribution in [3.63, 3.8) is 0 Å². The molecule has 1 saturated heterocycles. The minimum absolute atomic E-state index is 0.0789. The van der Waals surface area contributed by atoms with Crippen molar-refractivity contribution < 1.29 is 4.79 Å². The van der Waals surface area contributed by atoms with E-state index in [-0.39, 0.29) is 11.2 Å². The molecule has 0 saturated carbocycles. The molecule has 1 fully saturated rings. The second-order valence-corrected chi connectivity index (χ2v) is 8.65. The standard InChI is InChI=1S/C24H38N2O/c1-6-7-8-9-15-26-17-14-24(3,20(2)19-26)22-12-10-11-21(18-22)23(27)13-16-25(4)5/h10-13,16,18,20H,6-9,14-15,17,19H2,1-5H3/b16-13+. The minimum Gasteiger partial charge on any atom is -0.383 e. The van der Waals surface area contributed by atoms with E-state index >= 15 is 0 Å². The zero-order chi connectivity index (χ0) is 19.9. The van der Waals surface area contributed by atoms with E-state index in [0.717, 1.165) is 25.1 Å². The van der Waals surface area contributed by atoms with Gasteiger partial charge in [-0.1, -0.05) is 58.2 Å². The predicted octanol–water partition coefficient (Wildman–Crippen LogP) is 5.12. The molecule has 2 unspecified atom stereocenters. The van der Waals surface area contributed by atoms with Crippen molar-refractivity contribution in [3.8, 4) is 0 Å². The second-order valence-electron chi connectivity index (χ2n) is 8.65. The van der Waals surface area contributed by atoms with Gasteiger partial charge in [0.1, 0.15) is 0 Å². The molecule has 1 aliphatic rings. The van der Waals surface area contributed by atoms with Crippen molar-refractivity contribution in [2.45, 2.75) is 58.3 Å². The van der Waals surface area contributed by atoms with Crippen molar-refractivity contribution in [3.05, 3.63) is 47.7 Å². The fourth-order valence-electron chi connectivity index (χ4n) is 4.05. The largest absolute Gasteiger partial charge is 0.383 e. The normalized spacial score (nSPS) is 23.7. The third-order valence-electron chi connectivity index (χ3n) is 6.23. The first-order chi connectivity index (χ1) is 12.9. The highest BCUT2D eigenvalue weighted by atomic mass is 16.1. The van der Waals surface area contributed by atoms with Gasteiger partial charge in [-0.05, 0) is 48.9 Å². The Labute approximate surface area is 166 Å². The number of carbonyl (C=O) groups is 1. The average molecular weight is 371 g/mol. The lowest BCUT2D eigenvalue weighted by Gasteiger charge is -2.45. The fraction of sp³-hybridized carbons (Fsp3) is 0.625. The Kier molecular flexibility index (Phi) is 8.09. The van der Waals surface area contributed by atoms with Gasteiger partial charge in [0.15, 0.2) is 5.78 Å². The maximum Gasteiger partial charge on any atom is 0.187 e. The summed E-state index contributed by atoms with van der Waals surface area (Å²) in [6.07, 6.45) is 9.95. The van der Waals surface area contributed by atoms with Gasteiger partial charge >= 0.3 is 0 Å². The number of unbranched alkanes of at least 4 members (excludes halogenated alkanes) is 3. The first kappa shape index (κ1) is 21.7. The van der Waals surface area contributed by atoms with E-state index in [2.05, 4.69) is 37.8 Å². The average Bonchev–Trinajstić information content (AvgIpc) is 2.66. The van der Waals surface area contributed by atoms with Gasteiger partial charge in [-0.25, -0.2) is 0 Å². The molecule has 1 aromatic rings. The van der Waals surface area contributed by atoms with Crippen LogP contribution < -0.4 is 0 Å². The van der Waals surface area contributed by atoms with Crippen molar-refractivity contribution in [2.75, 3.05) is 33.7 Å². The Morgan fingerprint density at radius 3 is 2.74 bits per heavy atom.